The Morgan fingerprint density at radius 2 is 2.40 bits per heavy atom. The summed E-state index contributed by atoms with van der Waals surface area (Å²) in [7, 11) is 0. The summed E-state index contributed by atoms with van der Waals surface area (Å²) in [5, 5.41) is 10.4. The monoisotopic (exact) mass is 270 g/mol. The Hall–Kier alpha value is -2.30. The van der Waals surface area contributed by atoms with Crippen LogP contribution in [0.1, 0.15) is 18.4 Å². The Labute approximate surface area is 118 Å². The molecule has 1 amide bonds. The van der Waals surface area contributed by atoms with E-state index in [0.717, 1.165) is 24.3 Å². The molecule has 2 heterocycles. The molecule has 2 aromatic rings. The lowest BCUT2D eigenvalue weighted by atomic mass is 10.0. The summed E-state index contributed by atoms with van der Waals surface area (Å²) in [5.74, 6) is 0.0104. The van der Waals surface area contributed by atoms with Crippen LogP contribution in [0.5, 0.6) is 0 Å². The molecule has 5 nitrogen and oxygen atoms in total. The third-order valence-electron chi connectivity index (χ3n) is 3.46. The van der Waals surface area contributed by atoms with Gasteiger partial charge in [0.1, 0.15) is 0 Å². The van der Waals surface area contributed by atoms with E-state index >= 15 is 0 Å². The van der Waals surface area contributed by atoms with E-state index < -0.39 is 0 Å². The second-order valence-electron chi connectivity index (χ2n) is 4.97. The largest absolute Gasteiger partial charge is 0.385 e. The molecule has 0 saturated heterocycles. The van der Waals surface area contributed by atoms with Gasteiger partial charge >= 0.3 is 0 Å². The minimum Gasteiger partial charge on any atom is -0.385 e. The number of rotatable bonds is 4. The zero-order chi connectivity index (χ0) is 13.8. The molecule has 1 aliphatic heterocycles. The molecular formula is C15H18N4O. The number of hydrogen-bond acceptors (Lipinski definition) is 3. The van der Waals surface area contributed by atoms with E-state index in [9.17, 15) is 4.79 Å². The third kappa shape index (κ3) is 2.99. The van der Waals surface area contributed by atoms with Crippen LogP contribution in [0.15, 0.2) is 36.7 Å². The van der Waals surface area contributed by atoms with Crippen molar-refractivity contribution >= 4 is 17.3 Å². The van der Waals surface area contributed by atoms with Crippen LogP contribution in [0.4, 0.5) is 11.4 Å². The number of fused-ring (bicyclic) bond motifs is 1. The first-order valence-electron chi connectivity index (χ1n) is 6.95. The van der Waals surface area contributed by atoms with Gasteiger partial charge in [-0.15, -0.1) is 0 Å². The fourth-order valence-corrected chi connectivity index (χ4v) is 2.41. The summed E-state index contributed by atoms with van der Waals surface area (Å²) < 4.78 is 1.76. The number of carbonyl (C=O) groups is 1. The predicted molar refractivity (Wildman–Crippen MR) is 78.7 cm³/mol. The molecule has 0 saturated carbocycles. The third-order valence-corrected chi connectivity index (χ3v) is 3.46. The molecule has 2 N–H and O–H groups in total. The number of benzene rings is 1. The average molecular weight is 270 g/mol. The number of hydrogen-bond donors (Lipinski definition) is 2. The van der Waals surface area contributed by atoms with Crippen molar-refractivity contribution in [2.45, 2.75) is 25.8 Å². The Morgan fingerprint density at radius 3 is 3.25 bits per heavy atom. The summed E-state index contributed by atoms with van der Waals surface area (Å²) >= 11 is 0. The van der Waals surface area contributed by atoms with Crippen molar-refractivity contribution in [2.24, 2.45) is 0 Å². The Bertz CT molecular complexity index is 592. The quantitative estimate of drug-likeness (QED) is 0.896. The maximum absolute atomic E-state index is 11.9. The SMILES string of the molecule is O=C(CCn1cccn1)Nc1ccc2c(c1)NCCC2. The lowest BCUT2D eigenvalue weighted by Crippen LogP contribution is -2.16. The standard InChI is InChI=1S/C15H18N4O/c20-15(6-10-19-9-2-8-17-19)18-13-5-4-12-3-1-7-16-14(12)11-13/h2,4-5,8-9,11,16H,1,3,6-7,10H2,(H,18,20). The first kappa shape index (κ1) is 12.7. The minimum absolute atomic E-state index is 0.0104. The highest BCUT2D eigenvalue weighted by Gasteiger charge is 2.10. The van der Waals surface area contributed by atoms with Crippen molar-refractivity contribution in [3.8, 4) is 0 Å². The van der Waals surface area contributed by atoms with Gasteiger partial charge in [0.05, 0.1) is 0 Å². The van der Waals surface area contributed by atoms with Gasteiger partial charge < -0.3 is 10.6 Å². The minimum atomic E-state index is 0.0104. The number of carbonyl (C=O) groups excluding carboxylic acids is 1. The van der Waals surface area contributed by atoms with Gasteiger partial charge in [0.15, 0.2) is 0 Å². The van der Waals surface area contributed by atoms with Gasteiger partial charge in [-0.3, -0.25) is 9.48 Å². The van der Waals surface area contributed by atoms with E-state index in [2.05, 4.69) is 21.8 Å². The van der Waals surface area contributed by atoms with Crippen LogP contribution in [0.2, 0.25) is 0 Å². The summed E-state index contributed by atoms with van der Waals surface area (Å²) in [4.78, 5) is 11.9. The van der Waals surface area contributed by atoms with Crippen molar-refractivity contribution < 1.29 is 4.79 Å². The molecule has 0 unspecified atom stereocenters. The number of amides is 1. The molecule has 1 aromatic heterocycles. The molecule has 0 aliphatic carbocycles. The van der Waals surface area contributed by atoms with Crippen LogP contribution in [0.25, 0.3) is 0 Å². The predicted octanol–water partition coefficient (Wildman–Crippen LogP) is 2.27. The molecule has 20 heavy (non-hydrogen) atoms. The molecule has 5 heteroatoms. The molecule has 104 valence electrons. The number of nitrogens with one attached hydrogen (secondary N) is 2. The second-order valence-corrected chi connectivity index (χ2v) is 4.97. The molecule has 3 rings (SSSR count). The first-order chi connectivity index (χ1) is 9.81. The topological polar surface area (TPSA) is 59.0 Å². The van der Waals surface area contributed by atoms with Crippen LogP contribution < -0.4 is 10.6 Å². The van der Waals surface area contributed by atoms with Gasteiger partial charge in [-0.2, -0.15) is 5.10 Å². The van der Waals surface area contributed by atoms with Gasteiger partial charge in [-0.05, 0) is 36.6 Å². The van der Waals surface area contributed by atoms with Crippen molar-refractivity contribution in [2.75, 3.05) is 17.2 Å². The van der Waals surface area contributed by atoms with Crippen molar-refractivity contribution in [3.63, 3.8) is 0 Å². The highest BCUT2D eigenvalue weighted by molar-refractivity contribution is 5.91. The summed E-state index contributed by atoms with van der Waals surface area (Å²) in [6.45, 7) is 1.60. The van der Waals surface area contributed by atoms with E-state index in [-0.39, 0.29) is 5.91 Å². The van der Waals surface area contributed by atoms with Crippen molar-refractivity contribution in [1.29, 1.82) is 0 Å². The average Bonchev–Trinajstić information content (AvgIpc) is 2.98. The molecule has 0 atom stereocenters. The molecule has 0 radical (unpaired) electrons. The number of nitrogens with zero attached hydrogens (tertiary/aromatic N) is 2. The maximum atomic E-state index is 11.9. The number of aryl methyl sites for hydroxylation is 2. The van der Waals surface area contributed by atoms with E-state index in [4.69, 9.17) is 0 Å². The van der Waals surface area contributed by atoms with Crippen LogP contribution >= 0.6 is 0 Å². The fraction of sp³-hybridized carbons (Fsp3) is 0.333. The first-order valence-corrected chi connectivity index (χ1v) is 6.95. The summed E-state index contributed by atoms with van der Waals surface area (Å²) in [5.41, 5.74) is 3.32. The van der Waals surface area contributed by atoms with Crippen LogP contribution in [0, 0.1) is 0 Å². The molecule has 1 aromatic carbocycles. The Morgan fingerprint density at radius 1 is 1.45 bits per heavy atom. The molecule has 1 aliphatic rings. The summed E-state index contributed by atoms with van der Waals surface area (Å²) in [6.07, 6.45) is 6.27. The van der Waals surface area contributed by atoms with Gasteiger partial charge in [-0.25, -0.2) is 0 Å². The highest BCUT2D eigenvalue weighted by Crippen LogP contribution is 2.25. The number of aromatic nitrogens is 2. The summed E-state index contributed by atoms with van der Waals surface area (Å²) in [6, 6.07) is 7.93. The van der Waals surface area contributed by atoms with E-state index in [1.54, 1.807) is 10.9 Å². The van der Waals surface area contributed by atoms with Crippen LogP contribution in [-0.2, 0) is 17.8 Å². The van der Waals surface area contributed by atoms with E-state index in [0.29, 0.717) is 13.0 Å². The van der Waals surface area contributed by atoms with Crippen LogP contribution in [0.3, 0.4) is 0 Å². The second kappa shape index (κ2) is 5.77. The molecule has 0 fully saturated rings. The smallest absolute Gasteiger partial charge is 0.226 e. The zero-order valence-electron chi connectivity index (χ0n) is 11.3. The molecule has 0 spiro atoms. The zero-order valence-corrected chi connectivity index (χ0v) is 11.3. The lowest BCUT2D eigenvalue weighted by molar-refractivity contribution is -0.116. The van der Waals surface area contributed by atoms with Gasteiger partial charge in [-0.1, -0.05) is 6.07 Å². The number of anilines is 2. The highest BCUT2D eigenvalue weighted by atomic mass is 16.1. The lowest BCUT2D eigenvalue weighted by Gasteiger charge is -2.18. The van der Waals surface area contributed by atoms with Gasteiger partial charge in [0, 0.05) is 43.3 Å². The van der Waals surface area contributed by atoms with E-state index in [1.807, 2.05) is 24.4 Å². The van der Waals surface area contributed by atoms with Crippen LogP contribution in [-0.4, -0.2) is 22.2 Å². The van der Waals surface area contributed by atoms with E-state index in [1.165, 1.54) is 12.0 Å². The van der Waals surface area contributed by atoms with Crippen molar-refractivity contribution in [1.82, 2.24) is 9.78 Å². The molecule has 0 bridgehead atoms. The van der Waals surface area contributed by atoms with Gasteiger partial charge in [0.2, 0.25) is 5.91 Å². The fourth-order valence-electron chi connectivity index (χ4n) is 2.41. The Kier molecular flexibility index (Phi) is 3.67. The van der Waals surface area contributed by atoms with Crippen molar-refractivity contribution in [3.05, 3.63) is 42.2 Å². The molecular weight excluding hydrogens is 252 g/mol. The normalized spacial score (nSPS) is 13.4. The maximum Gasteiger partial charge on any atom is 0.226 e. The van der Waals surface area contributed by atoms with Gasteiger partial charge in [0.25, 0.3) is 0 Å². The Balaban J connectivity index is 1.58.